The minimum Gasteiger partial charge on any atom is -0.387 e. The van der Waals surface area contributed by atoms with E-state index in [4.69, 9.17) is 16.2 Å². The number of fused-ring (bicyclic) bond motifs is 1. The number of ether oxygens (including phenoxy) is 1. The van der Waals surface area contributed by atoms with Crippen molar-refractivity contribution in [2.75, 3.05) is 12.3 Å². The first kappa shape index (κ1) is 16.8. The molecule has 0 aromatic carbocycles. The fourth-order valence-corrected chi connectivity index (χ4v) is 2.72. The highest BCUT2D eigenvalue weighted by Crippen LogP contribution is 2.34. The van der Waals surface area contributed by atoms with Crippen molar-refractivity contribution in [1.29, 1.82) is 0 Å². The van der Waals surface area contributed by atoms with E-state index in [1.807, 2.05) is 0 Å². The molecule has 2 aromatic rings. The minimum atomic E-state index is -1.46. The Balaban J connectivity index is 2.00. The van der Waals surface area contributed by atoms with Gasteiger partial charge in [-0.1, -0.05) is 0 Å². The predicted octanol–water partition coefficient (Wildman–Crippen LogP) is -2.06. The van der Waals surface area contributed by atoms with Crippen molar-refractivity contribution in [3.63, 3.8) is 0 Å². The van der Waals surface area contributed by atoms with Crippen molar-refractivity contribution in [3.8, 4) is 0 Å². The third-order valence-electron chi connectivity index (χ3n) is 3.86. The number of anilines is 1. The molecule has 1 amide bonds. The van der Waals surface area contributed by atoms with Gasteiger partial charge in [0.2, 0.25) is 0 Å². The van der Waals surface area contributed by atoms with Gasteiger partial charge in [0.25, 0.3) is 11.0 Å². The predicted molar refractivity (Wildman–Crippen MR) is 79.3 cm³/mol. The molecule has 0 unspecified atom stereocenters. The molecule has 0 radical (unpaired) electrons. The lowest BCUT2D eigenvalue weighted by Crippen LogP contribution is -2.34. The number of carbonyl (C=O) groups is 1. The zero-order valence-corrected chi connectivity index (χ0v) is 12.6. The van der Waals surface area contributed by atoms with Gasteiger partial charge in [0.1, 0.15) is 42.7 Å². The van der Waals surface area contributed by atoms with Crippen molar-refractivity contribution in [2.24, 2.45) is 5.73 Å². The van der Waals surface area contributed by atoms with Gasteiger partial charge >= 0.3 is 0 Å². The largest absolute Gasteiger partial charge is 0.387 e. The van der Waals surface area contributed by atoms with E-state index in [0.717, 1.165) is 6.33 Å². The minimum absolute atomic E-state index is 0.00109. The number of amides is 1. The first-order chi connectivity index (χ1) is 11.8. The summed E-state index contributed by atoms with van der Waals surface area (Å²) < 4.78 is 6.70. The van der Waals surface area contributed by atoms with Gasteiger partial charge in [-0.3, -0.25) is 4.79 Å². The van der Waals surface area contributed by atoms with Crippen LogP contribution in [0.5, 0.6) is 0 Å². The molecule has 3 heterocycles. The van der Waals surface area contributed by atoms with E-state index < -0.39 is 42.1 Å². The lowest BCUT2D eigenvalue weighted by atomic mass is 10.1. The molecular formula is C12H14N6O7. The van der Waals surface area contributed by atoms with Crippen molar-refractivity contribution < 1.29 is 29.7 Å². The van der Waals surface area contributed by atoms with Crippen LogP contribution in [0.1, 0.15) is 16.6 Å². The summed E-state index contributed by atoms with van der Waals surface area (Å²) in [5.41, 5.74) is 11.2. The van der Waals surface area contributed by atoms with Crippen LogP contribution < -0.4 is 11.5 Å². The van der Waals surface area contributed by atoms with Crippen LogP contribution in [0, 0.1) is 10.1 Å². The molecule has 1 fully saturated rings. The number of carbonyl (C=O) groups excluding carboxylic acids is 1. The van der Waals surface area contributed by atoms with E-state index in [0.29, 0.717) is 0 Å². The van der Waals surface area contributed by atoms with Crippen LogP contribution in [0.15, 0.2) is 12.5 Å². The normalized spacial score (nSPS) is 26.0. The number of aromatic nitrogens is 3. The molecule has 3 rings (SSSR count). The quantitative estimate of drug-likeness (QED) is 0.341. The molecule has 1 aliphatic rings. The first-order valence-corrected chi connectivity index (χ1v) is 7.01. The maximum absolute atomic E-state index is 11.6. The molecule has 13 heteroatoms. The molecule has 1 saturated heterocycles. The number of rotatable bonds is 5. The van der Waals surface area contributed by atoms with Crippen molar-refractivity contribution >= 4 is 22.8 Å². The molecule has 25 heavy (non-hydrogen) atoms. The van der Waals surface area contributed by atoms with Gasteiger partial charge in [0, 0.05) is 6.20 Å². The number of hydrogen-bond donors (Lipinski definition) is 4. The smallest absolute Gasteiger partial charge is 0.294 e. The van der Waals surface area contributed by atoms with E-state index in [-0.39, 0.29) is 22.4 Å². The first-order valence-electron chi connectivity index (χ1n) is 7.01. The van der Waals surface area contributed by atoms with Crippen molar-refractivity contribution in [1.82, 2.24) is 14.5 Å². The molecule has 6 N–H and O–H groups in total. The molecule has 1 aliphatic heterocycles. The Labute approximate surface area is 138 Å². The molecule has 4 atom stereocenters. The average Bonchev–Trinajstić information content (AvgIpc) is 3.06. The summed E-state index contributed by atoms with van der Waals surface area (Å²) in [5.74, 6) is -0.801. The second-order valence-electron chi connectivity index (χ2n) is 5.34. The van der Waals surface area contributed by atoms with Crippen molar-refractivity contribution in [3.05, 3.63) is 28.2 Å². The summed E-state index contributed by atoms with van der Waals surface area (Å²) in [5, 5.41) is 29.6. The highest BCUT2D eigenvalue weighted by Gasteiger charge is 2.45. The highest BCUT2D eigenvalue weighted by atomic mass is 17.0. The molecule has 0 spiro atoms. The third-order valence-corrected chi connectivity index (χ3v) is 3.86. The highest BCUT2D eigenvalue weighted by molar-refractivity contribution is 6.08. The summed E-state index contributed by atoms with van der Waals surface area (Å²) in [6, 6.07) is 0. The van der Waals surface area contributed by atoms with Gasteiger partial charge in [0.05, 0.1) is 10.9 Å². The van der Waals surface area contributed by atoms with Crippen LogP contribution >= 0.6 is 0 Å². The van der Waals surface area contributed by atoms with Gasteiger partial charge < -0.3 is 35.8 Å². The summed E-state index contributed by atoms with van der Waals surface area (Å²) >= 11 is 0. The van der Waals surface area contributed by atoms with Crippen LogP contribution in [0.2, 0.25) is 0 Å². The standard InChI is InChI=1S/C12H14N6O7/c13-9-6-4(10(14)21)1-17(11(6)16-3-15-9)12-8(20)7(19)5(25-12)2-24-18(22)23/h1,3,5,7-8,12,19-20H,2H2,(H2,14,21)(H2,13,15,16)/t5-,7-,8-,12-/m1/s1. The third kappa shape index (κ3) is 2.79. The molecule has 2 aromatic heterocycles. The topological polar surface area (TPSA) is 202 Å². The number of nitrogens with two attached hydrogens (primary N) is 2. The Morgan fingerprint density at radius 1 is 1.44 bits per heavy atom. The van der Waals surface area contributed by atoms with E-state index >= 15 is 0 Å². The van der Waals surface area contributed by atoms with Crippen LogP contribution in [0.3, 0.4) is 0 Å². The number of nitrogen functional groups attached to an aromatic ring is 1. The Morgan fingerprint density at radius 2 is 2.16 bits per heavy atom. The lowest BCUT2D eigenvalue weighted by Gasteiger charge is -2.17. The van der Waals surface area contributed by atoms with E-state index in [9.17, 15) is 25.1 Å². The summed E-state index contributed by atoms with van der Waals surface area (Å²) in [6.07, 6.45) is -2.88. The number of aliphatic hydroxyl groups excluding tert-OH is 2. The van der Waals surface area contributed by atoms with Crippen LogP contribution in [-0.2, 0) is 9.57 Å². The molecule has 0 bridgehead atoms. The monoisotopic (exact) mass is 354 g/mol. The maximum atomic E-state index is 11.6. The zero-order valence-electron chi connectivity index (χ0n) is 12.6. The number of hydrogen-bond acceptors (Lipinski definition) is 10. The molecular weight excluding hydrogens is 340 g/mol. The van der Waals surface area contributed by atoms with Gasteiger partial charge in [-0.2, -0.15) is 0 Å². The fourth-order valence-electron chi connectivity index (χ4n) is 2.72. The molecule has 13 nitrogen and oxygen atoms in total. The summed E-state index contributed by atoms with van der Waals surface area (Å²) in [6.45, 7) is -0.583. The average molecular weight is 354 g/mol. The Hall–Kier alpha value is -3.03. The Kier molecular flexibility index (Phi) is 4.12. The number of primary amides is 1. The van der Waals surface area contributed by atoms with Crippen LogP contribution in [-0.4, -0.2) is 60.7 Å². The second kappa shape index (κ2) is 6.12. The van der Waals surface area contributed by atoms with Crippen molar-refractivity contribution in [2.45, 2.75) is 24.5 Å². The number of nitrogens with zero attached hydrogens (tertiary/aromatic N) is 4. The summed E-state index contributed by atoms with van der Waals surface area (Å²) in [7, 11) is 0. The molecule has 0 saturated carbocycles. The summed E-state index contributed by atoms with van der Waals surface area (Å²) in [4.78, 5) is 33.9. The molecule has 0 aliphatic carbocycles. The van der Waals surface area contributed by atoms with E-state index in [1.54, 1.807) is 0 Å². The van der Waals surface area contributed by atoms with Gasteiger partial charge in [-0.25, -0.2) is 9.97 Å². The van der Waals surface area contributed by atoms with Gasteiger partial charge in [-0.15, -0.1) is 10.1 Å². The number of aliphatic hydroxyl groups is 2. The fraction of sp³-hybridized carbons (Fsp3) is 0.417. The van der Waals surface area contributed by atoms with Gasteiger partial charge in [-0.05, 0) is 0 Å². The van der Waals surface area contributed by atoms with E-state index in [2.05, 4.69) is 14.8 Å². The second-order valence-corrected chi connectivity index (χ2v) is 5.34. The van der Waals surface area contributed by atoms with Crippen LogP contribution in [0.25, 0.3) is 11.0 Å². The Bertz CT molecular complexity index is 839. The maximum Gasteiger partial charge on any atom is 0.294 e. The van der Waals surface area contributed by atoms with Gasteiger partial charge in [0.15, 0.2) is 6.23 Å². The molecule has 134 valence electrons. The van der Waals surface area contributed by atoms with E-state index in [1.165, 1.54) is 10.8 Å². The SMILES string of the molecule is NC(=O)c1cn([C@@H]2O[C@H](CO[N+](=O)[O-])[C@@H](O)[C@H]2O)c2ncnc(N)c12. The van der Waals surface area contributed by atoms with Crippen LogP contribution in [0.4, 0.5) is 5.82 Å². The zero-order chi connectivity index (χ0) is 18.3. The Morgan fingerprint density at radius 3 is 2.80 bits per heavy atom. The lowest BCUT2D eigenvalue weighted by molar-refractivity contribution is -0.759.